The smallest absolute Gasteiger partial charge is 0.259 e. The van der Waals surface area contributed by atoms with Crippen molar-refractivity contribution in [1.29, 1.82) is 0 Å². The second kappa shape index (κ2) is 8.20. The Morgan fingerprint density at radius 3 is 2.85 bits per heavy atom. The molecule has 2 N–H and O–H groups in total. The molecule has 2 amide bonds. The Morgan fingerprint density at radius 2 is 1.97 bits per heavy atom. The number of para-hydroxylation sites is 2. The van der Waals surface area contributed by atoms with E-state index in [1.54, 1.807) is 24.7 Å². The van der Waals surface area contributed by atoms with Crippen molar-refractivity contribution in [2.75, 3.05) is 10.6 Å². The standard InChI is InChI=1S/C25H18N6O2S/c32-23-10-7-15-11-16(5-8-18(15)28-23)20-13-34-25(29-20)30-24(33)17-6-9-22(26-12-17)31-14-27-19-3-1-2-4-21(19)31/h1-6,8-9,11-14H,7,10H2,(H,28,32)(H,29,30,33). The highest BCUT2D eigenvalue weighted by molar-refractivity contribution is 7.14. The van der Waals surface area contributed by atoms with Crippen LogP contribution in [0.5, 0.6) is 0 Å². The van der Waals surface area contributed by atoms with E-state index in [9.17, 15) is 9.59 Å². The van der Waals surface area contributed by atoms with Gasteiger partial charge in [-0.25, -0.2) is 15.0 Å². The van der Waals surface area contributed by atoms with E-state index in [1.165, 1.54) is 11.3 Å². The average molecular weight is 467 g/mol. The minimum absolute atomic E-state index is 0.0415. The topological polar surface area (TPSA) is 102 Å². The molecule has 1 aliphatic heterocycles. The molecule has 0 bridgehead atoms. The van der Waals surface area contributed by atoms with E-state index in [0.717, 1.165) is 33.5 Å². The van der Waals surface area contributed by atoms with E-state index < -0.39 is 0 Å². The maximum absolute atomic E-state index is 12.7. The van der Waals surface area contributed by atoms with Crippen LogP contribution >= 0.6 is 11.3 Å². The molecule has 0 saturated heterocycles. The number of rotatable bonds is 4. The second-order valence-electron chi connectivity index (χ2n) is 7.92. The Kier molecular flexibility index (Phi) is 4.88. The van der Waals surface area contributed by atoms with Gasteiger partial charge in [-0.05, 0) is 48.4 Å². The number of fused-ring (bicyclic) bond motifs is 2. The number of carbonyl (C=O) groups excluding carboxylic acids is 2. The molecular weight excluding hydrogens is 448 g/mol. The van der Waals surface area contributed by atoms with Crippen LogP contribution in [0.2, 0.25) is 0 Å². The molecule has 8 nitrogen and oxygen atoms in total. The normalized spacial score (nSPS) is 12.9. The number of hydrogen-bond acceptors (Lipinski definition) is 6. The molecule has 5 aromatic rings. The van der Waals surface area contributed by atoms with Crippen LogP contribution in [0.15, 0.2) is 72.5 Å². The summed E-state index contributed by atoms with van der Waals surface area (Å²) in [6.07, 6.45) is 4.46. The lowest BCUT2D eigenvalue weighted by atomic mass is 9.99. The summed E-state index contributed by atoms with van der Waals surface area (Å²) in [4.78, 5) is 37.7. The van der Waals surface area contributed by atoms with Crippen molar-refractivity contribution in [2.24, 2.45) is 0 Å². The first-order valence-corrected chi connectivity index (χ1v) is 11.6. The summed E-state index contributed by atoms with van der Waals surface area (Å²) >= 11 is 1.36. The second-order valence-corrected chi connectivity index (χ2v) is 8.78. The van der Waals surface area contributed by atoms with Gasteiger partial charge in [0.15, 0.2) is 5.13 Å². The third kappa shape index (κ3) is 3.71. The summed E-state index contributed by atoms with van der Waals surface area (Å²) < 4.78 is 1.88. The van der Waals surface area contributed by atoms with Gasteiger partial charge < -0.3 is 5.32 Å². The number of imidazole rings is 1. The SMILES string of the molecule is O=C1CCc2cc(-c3csc(NC(=O)c4ccc(-n5cnc6ccccc65)nc4)n3)ccc2N1. The number of benzene rings is 2. The van der Waals surface area contributed by atoms with Crippen molar-refractivity contribution in [3.8, 4) is 17.1 Å². The van der Waals surface area contributed by atoms with Crippen LogP contribution in [0.25, 0.3) is 28.1 Å². The third-order valence-corrected chi connectivity index (χ3v) is 6.49. The maximum Gasteiger partial charge on any atom is 0.259 e. The van der Waals surface area contributed by atoms with Gasteiger partial charge in [0.2, 0.25) is 5.91 Å². The molecule has 34 heavy (non-hydrogen) atoms. The summed E-state index contributed by atoms with van der Waals surface area (Å²) in [5, 5.41) is 8.15. The van der Waals surface area contributed by atoms with Gasteiger partial charge in [-0.15, -0.1) is 11.3 Å². The Labute approximate surface area is 198 Å². The van der Waals surface area contributed by atoms with Crippen molar-refractivity contribution in [1.82, 2.24) is 19.5 Å². The Hall–Kier alpha value is -4.37. The van der Waals surface area contributed by atoms with Gasteiger partial charge >= 0.3 is 0 Å². The van der Waals surface area contributed by atoms with Crippen LogP contribution in [0.1, 0.15) is 22.3 Å². The van der Waals surface area contributed by atoms with Crippen molar-refractivity contribution < 1.29 is 9.59 Å². The van der Waals surface area contributed by atoms with Gasteiger partial charge in [-0.1, -0.05) is 18.2 Å². The summed E-state index contributed by atoms with van der Waals surface area (Å²) in [7, 11) is 0. The van der Waals surface area contributed by atoms with Gasteiger partial charge in [0, 0.05) is 29.2 Å². The van der Waals surface area contributed by atoms with Crippen molar-refractivity contribution in [3.63, 3.8) is 0 Å². The summed E-state index contributed by atoms with van der Waals surface area (Å²) in [5.74, 6) is 0.453. The quantitative estimate of drug-likeness (QED) is 0.400. The molecule has 6 rings (SSSR count). The number of hydrogen-bond donors (Lipinski definition) is 2. The fourth-order valence-corrected chi connectivity index (χ4v) is 4.70. The fourth-order valence-electron chi connectivity index (χ4n) is 3.98. The molecule has 166 valence electrons. The first kappa shape index (κ1) is 20.3. The maximum atomic E-state index is 12.7. The summed E-state index contributed by atoms with van der Waals surface area (Å²) in [5.41, 5.74) is 5.94. The highest BCUT2D eigenvalue weighted by atomic mass is 32.1. The Morgan fingerprint density at radius 1 is 1.06 bits per heavy atom. The molecule has 1 aliphatic rings. The zero-order valence-electron chi connectivity index (χ0n) is 17.9. The molecule has 0 fully saturated rings. The van der Waals surface area contributed by atoms with Gasteiger partial charge in [0.05, 0.1) is 22.3 Å². The van der Waals surface area contributed by atoms with Crippen LogP contribution in [0.4, 0.5) is 10.8 Å². The highest BCUT2D eigenvalue weighted by Gasteiger charge is 2.17. The molecule has 0 aliphatic carbocycles. The van der Waals surface area contributed by atoms with E-state index >= 15 is 0 Å². The summed E-state index contributed by atoms with van der Waals surface area (Å²) in [6.45, 7) is 0. The van der Waals surface area contributed by atoms with E-state index in [0.29, 0.717) is 29.4 Å². The number of aryl methyl sites for hydroxylation is 1. The first-order chi connectivity index (χ1) is 16.6. The molecular formula is C25H18N6O2S. The number of nitrogens with zero attached hydrogens (tertiary/aromatic N) is 4. The Bertz CT molecular complexity index is 1550. The molecule has 0 atom stereocenters. The number of pyridine rings is 1. The van der Waals surface area contributed by atoms with E-state index in [-0.39, 0.29) is 11.8 Å². The molecule has 0 saturated carbocycles. The van der Waals surface area contributed by atoms with E-state index in [2.05, 4.69) is 25.6 Å². The van der Waals surface area contributed by atoms with Gasteiger partial charge in [0.25, 0.3) is 5.91 Å². The van der Waals surface area contributed by atoms with Crippen LogP contribution in [0, 0.1) is 0 Å². The molecule has 2 aromatic carbocycles. The Balaban J connectivity index is 1.18. The average Bonchev–Trinajstić information content (AvgIpc) is 3.51. The van der Waals surface area contributed by atoms with Gasteiger partial charge in [-0.3, -0.25) is 19.5 Å². The summed E-state index contributed by atoms with van der Waals surface area (Å²) in [6, 6.07) is 17.2. The monoisotopic (exact) mass is 466 g/mol. The highest BCUT2D eigenvalue weighted by Crippen LogP contribution is 2.30. The van der Waals surface area contributed by atoms with Gasteiger partial charge in [0.1, 0.15) is 12.1 Å². The predicted molar refractivity (Wildman–Crippen MR) is 131 cm³/mol. The zero-order chi connectivity index (χ0) is 23.1. The lowest BCUT2D eigenvalue weighted by Crippen LogP contribution is -2.18. The number of carbonyl (C=O) groups is 2. The number of aromatic nitrogens is 4. The minimum Gasteiger partial charge on any atom is -0.326 e. The number of thiazole rings is 1. The fraction of sp³-hybridized carbons (Fsp3) is 0.0800. The van der Waals surface area contributed by atoms with E-state index in [1.807, 2.05) is 52.4 Å². The number of anilines is 2. The van der Waals surface area contributed by atoms with Crippen LogP contribution in [-0.2, 0) is 11.2 Å². The van der Waals surface area contributed by atoms with Crippen LogP contribution < -0.4 is 10.6 Å². The molecule has 0 spiro atoms. The number of nitrogens with one attached hydrogen (secondary N) is 2. The minimum atomic E-state index is -0.274. The predicted octanol–water partition coefficient (Wildman–Crippen LogP) is 4.68. The number of amides is 2. The van der Waals surface area contributed by atoms with Crippen LogP contribution in [-0.4, -0.2) is 31.3 Å². The first-order valence-electron chi connectivity index (χ1n) is 10.7. The largest absolute Gasteiger partial charge is 0.326 e. The molecule has 0 unspecified atom stereocenters. The van der Waals surface area contributed by atoms with Crippen molar-refractivity contribution in [3.05, 3.63) is 83.6 Å². The lowest BCUT2D eigenvalue weighted by Gasteiger charge is -2.17. The molecule has 3 aromatic heterocycles. The van der Waals surface area contributed by atoms with Crippen molar-refractivity contribution >= 4 is 45.0 Å². The molecule has 9 heteroatoms. The van der Waals surface area contributed by atoms with Crippen LogP contribution in [0.3, 0.4) is 0 Å². The third-order valence-electron chi connectivity index (χ3n) is 5.73. The molecule has 0 radical (unpaired) electrons. The van der Waals surface area contributed by atoms with Crippen molar-refractivity contribution in [2.45, 2.75) is 12.8 Å². The lowest BCUT2D eigenvalue weighted by molar-refractivity contribution is -0.116. The van der Waals surface area contributed by atoms with E-state index in [4.69, 9.17) is 0 Å². The zero-order valence-corrected chi connectivity index (χ0v) is 18.7. The molecule has 4 heterocycles. The van der Waals surface area contributed by atoms with Gasteiger partial charge in [-0.2, -0.15) is 0 Å².